The zero-order valence-corrected chi connectivity index (χ0v) is 17.2. The van der Waals surface area contributed by atoms with Crippen molar-refractivity contribution in [2.24, 2.45) is 5.92 Å². The van der Waals surface area contributed by atoms with Gasteiger partial charge in [0, 0.05) is 37.0 Å². The molecular formula is C22H25FN6O. The summed E-state index contributed by atoms with van der Waals surface area (Å²) in [7, 11) is 0. The highest BCUT2D eigenvalue weighted by atomic mass is 19.1. The molecule has 1 aliphatic rings. The van der Waals surface area contributed by atoms with Crippen LogP contribution in [0.15, 0.2) is 42.7 Å². The highest BCUT2D eigenvalue weighted by Gasteiger charge is 2.27. The number of hydrogen-bond acceptors (Lipinski definition) is 5. The van der Waals surface area contributed by atoms with Crippen LogP contribution in [0.2, 0.25) is 0 Å². The highest BCUT2D eigenvalue weighted by Crippen LogP contribution is 2.23. The number of carbonyl (C=O) groups is 1. The fourth-order valence-corrected chi connectivity index (χ4v) is 3.85. The molecule has 0 spiro atoms. The standard InChI is InChI=1S/C22H25FN6O/c1-15-10-16(2)29(27-15)21-11-20(25-14-26-21)28-9-5-7-18(13-28)22(30)24-12-17-6-3-4-8-19(17)23/h3-4,6,8,10-11,14,18H,5,7,9,12-13H2,1-2H3,(H,24,30). The van der Waals surface area contributed by atoms with Crippen molar-refractivity contribution in [3.05, 3.63) is 65.5 Å². The third-order valence-corrected chi connectivity index (χ3v) is 5.39. The molecule has 1 atom stereocenters. The molecule has 1 N–H and O–H groups in total. The fourth-order valence-electron chi connectivity index (χ4n) is 3.85. The summed E-state index contributed by atoms with van der Waals surface area (Å²) < 4.78 is 15.6. The van der Waals surface area contributed by atoms with Gasteiger partial charge in [-0.1, -0.05) is 18.2 Å². The summed E-state index contributed by atoms with van der Waals surface area (Å²) >= 11 is 0. The Kier molecular flexibility index (Phi) is 5.74. The number of amides is 1. The minimum atomic E-state index is -0.305. The number of hydrogen-bond donors (Lipinski definition) is 1. The van der Waals surface area contributed by atoms with Gasteiger partial charge in [0.25, 0.3) is 0 Å². The van der Waals surface area contributed by atoms with E-state index in [0.717, 1.165) is 36.6 Å². The van der Waals surface area contributed by atoms with Crippen LogP contribution in [0.4, 0.5) is 10.2 Å². The van der Waals surface area contributed by atoms with Gasteiger partial charge >= 0.3 is 0 Å². The van der Waals surface area contributed by atoms with E-state index in [-0.39, 0.29) is 24.2 Å². The average molecular weight is 408 g/mol. The van der Waals surface area contributed by atoms with Gasteiger partial charge in [-0.2, -0.15) is 5.10 Å². The van der Waals surface area contributed by atoms with Crippen molar-refractivity contribution in [3.8, 4) is 5.82 Å². The summed E-state index contributed by atoms with van der Waals surface area (Å²) in [6.45, 7) is 5.51. The lowest BCUT2D eigenvalue weighted by Crippen LogP contribution is -2.43. The van der Waals surface area contributed by atoms with Crippen molar-refractivity contribution < 1.29 is 9.18 Å². The molecule has 2 aromatic heterocycles. The third kappa shape index (κ3) is 4.32. The summed E-state index contributed by atoms with van der Waals surface area (Å²) in [6.07, 6.45) is 3.22. The van der Waals surface area contributed by atoms with Crippen LogP contribution in [0.25, 0.3) is 5.82 Å². The van der Waals surface area contributed by atoms with Crippen LogP contribution < -0.4 is 10.2 Å². The topological polar surface area (TPSA) is 75.9 Å². The first kappa shape index (κ1) is 20.0. The van der Waals surface area contributed by atoms with Gasteiger partial charge in [-0.05, 0) is 38.8 Å². The zero-order chi connectivity index (χ0) is 21.1. The van der Waals surface area contributed by atoms with Crippen molar-refractivity contribution in [3.63, 3.8) is 0 Å². The van der Waals surface area contributed by atoms with Crippen LogP contribution in [0.3, 0.4) is 0 Å². The maximum Gasteiger partial charge on any atom is 0.225 e. The van der Waals surface area contributed by atoms with E-state index in [1.165, 1.54) is 12.4 Å². The van der Waals surface area contributed by atoms with Gasteiger partial charge in [-0.3, -0.25) is 4.79 Å². The second-order valence-corrected chi connectivity index (χ2v) is 7.67. The number of carbonyl (C=O) groups excluding carboxylic acids is 1. The molecule has 0 bridgehead atoms. The molecule has 156 valence electrons. The Morgan fingerprint density at radius 2 is 2.00 bits per heavy atom. The molecule has 0 radical (unpaired) electrons. The van der Waals surface area contributed by atoms with Crippen LogP contribution in [0.1, 0.15) is 29.8 Å². The Labute approximate surface area is 175 Å². The summed E-state index contributed by atoms with van der Waals surface area (Å²) in [4.78, 5) is 23.6. The molecule has 8 heteroatoms. The van der Waals surface area contributed by atoms with Crippen LogP contribution in [0.5, 0.6) is 0 Å². The number of nitrogens with one attached hydrogen (secondary N) is 1. The molecule has 7 nitrogen and oxygen atoms in total. The second-order valence-electron chi connectivity index (χ2n) is 7.67. The number of halogens is 1. The van der Waals surface area contributed by atoms with Crippen LogP contribution in [0, 0.1) is 25.6 Å². The molecule has 1 aromatic carbocycles. The molecule has 1 fully saturated rings. The molecular weight excluding hydrogens is 383 g/mol. The van der Waals surface area contributed by atoms with Crippen LogP contribution >= 0.6 is 0 Å². The van der Waals surface area contributed by atoms with Crippen molar-refractivity contribution in [1.82, 2.24) is 25.1 Å². The first-order valence-corrected chi connectivity index (χ1v) is 10.1. The van der Waals surface area contributed by atoms with E-state index in [0.29, 0.717) is 17.9 Å². The van der Waals surface area contributed by atoms with Gasteiger partial charge in [-0.15, -0.1) is 0 Å². The Hall–Kier alpha value is -3.29. The fraction of sp³-hybridized carbons (Fsp3) is 0.364. The number of anilines is 1. The molecule has 4 rings (SSSR count). The number of piperidine rings is 1. The largest absolute Gasteiger partial charge is 0.356 e. The van der Waals surface area contributed by atoms with Gasteiger partial charge in [-0.25, -0.2) is 19.0 Å². The number of benzene rings is 1. The molecule has 1 saturated heterocycles. The predicted octanol–water partition coefficient (Wildman–Crippen LogP) is 2.95. The number of aryl methyl sites for hydroxylation is 2. The quantitative estimate of drug-likeness (QED) is 0.703. The lowest BCUT2D eigenvalue weighted by Gasteiger charge is -2.33. The summed E-state index contributed by atoms with van der Waals surface area (Å²) in [5.74, 6) is 0.949. The maximum atomic E-state index is 13.8. The first-order chi connectivity index (χ1) is 14.5. The smallest absolute Gasteiger partial charge is 0.225 e. The molecule has 0 saturated carbocycles. The summed E-state index contributed by atoms with van der Waals surface area (Å²) in [6, 6.07) is 10.4. The van der Waals surface area contributed by atoms with E-state index >= 15 is 0 Å². The molecule has 3 heterocycles. The Bertz CT molecular complexity index is 1050. The molecule has 1 unspecified atom stereocenters. The average Bonchev–Trinajstić information content (AvgIpc) is 3.11. The zero-order valence-electron chi connectivity index (χ0n) is 17.2. The maximum absolute atomic E-state index is 13.8. The van der Waals surface area contributed by atoms with Crippen LogP contribution in [-0.2, 0) is 11.3 Å². The molecule has 3 aromatic rings. The van der Waals surface area contributed by atoms with Crippen molar-refractivity contribution in [2.45, 2.75) is 33.2 Å². The normalized spacial score (nSPS) is 16.5. The Balaban J connectivity index is 1.44. The van der Waals surface area contributed by atoms with Gasteiger partial charge in [0.1, 0.15) is 18.0 Å². The van der Waals surface area contributed by atoms with Crippen molar-refractivity contribution >= 4 is 11.7 Å². The van der Waals surface area contributed by atoms with Crippen molar-refractivity contribution in [2.75, 3.05) is 18.0 Å². The lowest BCUT2D eigenvalue weighted by molar-refractivity contribution is -0.125. The number of rotatable bonds is 5. The van der Waals surface area contributed by atoms with Gasteiger partial charge in [0.05, 0.1) is 11.6 Å². The molecule has 1 aliphatic heterocycles. The van der Waals surface area contributed by atoms with E-state index in [2.05, 4.69) is 25.3 Å². The molecule has 0 aliphatic carbocycles. The highest BCUT2D eigenvalue weighted by molar-refractivity contribution is 5.79. The van der Waals surface area contributed by atoms with E-state index in [1.807, 2.05) is 26.0 Å². The van der Waals surface area contributed by atoms with E-state index in [1.54, 1.807) is 22.9 Å². The minimum absolute atomic E-state index is 0.0595. The van der Waals surface area contributed by atoms with Gasteiger partial charge in [0.15, 0.2) is 5.82 Å². The van der Waals surface area contributed by atoms with E-state index in [4.69, 9.17) is 0 Å². The minimum Gasteiger partial charge on any atom is -0.356 e. The summed E-state index contributed by atoms with van der Waals surface area (Å²) in [5, 5.41) is 7.36. The predicted molar refractivity (Wildman–Crippen MR) is 112 cm³/mol. The third-order valence-electron chi connectivity index (χ3n) is 5.39. The molecule has 1 amide bonds. The number of aromatic nitrogens is 4. The number of nitrogens with zero attached hydrogens (tertiary/aromatic N) is 5. The molecule has 30 heavy (non-hydrogen) atoms. The van der Waals surface area contributed by atoms with Crippen molar-refractivity contribution in [1.29, 1.82) is 0 Å². The monoisotopic (exact) mass is 408 g/mol. The first-order valence-electron chi connectivity index (χ1n) is 10.1. The Morgan fingerprint density at radius 3 is 2.77 bits per heavy atom. The Morgan fingerprint density at radius 1 is 1.20 bits per heavy atom. The van der Waals surface area contributed by atoms with Gasteiger partial charge < -0.3 is 10.2 Å². The summed E-state index contributed by atoms with van der Waals surface area (Å²) in [5.41, 5.74) is 2.42. The van der Waals surface area contributed by atoms with Gasteiger partial charge in [0.2, 0.25) is 5.91 Å². The van der Waals surface area contributed by atoms with E-state index < -0.39 is 0 Å². The van der Waals surface area contributed by atoms with Crippen LogP contribution in [-0.4, -0.2) is 38.7 Å². The second kappa shape index (κ2) is 8.61. The van der Waals surface area contributed by atoms with E-state index in [9.17, 15) is 9.18 Å². The SMILES string of the molecule is Cc1cc(C)n(-c2cc(N3CCCC(C(=O)NCc4ccccc4F)C3)ncn2)n1. The lowest BCUT2D eigenvalue weighted by atomic mass is 9.97.